The standard InChI is InChI=1S/C12H14Br2/c13-8-11(9-4-3-5-9)10-6-1-2-7-12(10)14/h1-2,6-7,9,11H,3-5,8H2. The molecule has 1 aromatic carbocycles. The third-order valence-corrected chi connectivity index (χ3v) is 4.61. The largest absolute Gasteiger partial charge is 0.0921 e. The predicted octanol–water partition coefficient (Wildman–Crippen LogP) is 4.73. The van der Waals surface area contributed by atoms with Gasteiger partial charge in [0.15, 0.2) is 0 Å². The molecule has 1 aromatic rings. The molecule has 0 nitrogen and oxygen atoms in total. The summed E-state index contributed by atoms with van der Waals surface area (Å²) in [6, 6.07) is 8.60. The summed E-state index contributed by atoms with van der Waals surface area (Å²) in [5.74, 6) is 1.59. The molecule has 2 rings (SSSR count). The van der Waals surface area contributed by atoms with E-state index in [1.54, 1.807) is 0 Å². The Morgan fingerprint density at radius 2 is 2.00 bits per heavy atom. The number of alkyl halides is 1. The molecule has 0 heterocycles. The van der Waals surface area contributed by atoms with Crippen LogP contribution in [-0.2, 0) is 0 Å². The highest BCUT2D eigenvalue weighted by Crippen LogP contribution is 2.42. The monoisotopic (exact) mass is 316 g/mol. The first-order valence-electron chi connectivity index (χ1n) is 5.13. The SMILES string of the molecule is BrCC(c1ccccc1Br)C1CCC1. The molecule has 1 fully saturated rings. The van der Waals surface area contributed by atoms with Gasteiger partial charge < -0.3 is 0 Å². The summed E-state index contributed by atoms with van der Waals surface area (Å²) in [6.07, 6.45) is 4.22. The fourth-order valence-corrected chi connectivity index (χ4v) is 3.54. The van der Waals surface area contributed by atoms with Crippen LogP contribution in [0.3, 0.4) is 0 Å². The van der Waals surface area contributed by atoms with Crippen molar-refractivity contribution in [1.29, 1.82) is 0 Å². The highest BCUT2D eigenvalue weighted by molar-refractivity contribution is 9.10. The van der Waals surface area contributed by atoms with Crippen LogP contribution >= 0.6 is 31.9 Å². The van der Waals surface area contributed by atoms with Crippen molar-refractivity contribution in [3.05, 3.63) is 34.3 Å². The summed E-state index contributed by atoms with van der Waals surface area (Å²) in [4.78, 5) is 0. The van der Waals surface area contributed by atoms with E-state index in [4.69, 9.17) is 0 Å². The second-order valence-electron chi connectivity index (χ2n) is 3.97. The van der Waals surface area contributed by atoms with Gasteiger partial charge in [0.25, 0.3) is 0 Å². The number of benzene rings is 1. The Hall–Kier alpha value is 0.180. The molecule has 2 heteroatoms. The fraction of sp³-hybridized carbons (Fsp3) is 0.500. The summed E-state index contributed by atoms with van der Waals surface area (Å²) in [6.45, 7) is 0. The Balaban J connectivity index is 2.22. The first-order chi connectivity index (χ1) is 6.83. The molecule has 1 aliphatic carbocycles. The van der Waals surface area contributed by atoms with Crippen molar-refractivity contribution >= 4 is 31.9 Å². The van der Waals surface area contributed by atoms with Crippen molar-refractivity contribution in [3.63, 3.8) is 0 Å². The summed E-state index contributed by atoms with van der Waals surface area (Å²) in [5.41, 5.74) is 1.47. The zero-order chi connectivity index (χ0) is 9.97. The molecule has 14 heavy (non-hydrogen) atoms. The van der Waals surface area contributed by atoms with Crippen LogP contribution in [-0.4, -0.2) is 5.33 Å². The van der Waals surface area contributed by atoms with Gasteiger partial charge in [0, 0.05) is 9.80 Å². The first-order valence-corrected chi connectivity index (χ1v) is 7.04. The second kappa shape index (κ2) is 4.80. The lowest BCUT2D eigenvalue weighted by Gasteiger charge is -2.33. The Kier molecular flexibility index (Phi) is 3.67. The van der Waals surface area contributed by atoms with Crippen molar-refractivity contribution < 1.29 is 0 Å². The number of hydrogen-bond donors (Lipinski definition) is 0. The lowest BCUT2D eigenvalue weighted by Crippen LogP contribution is -2.21. The van der Waals surface area contributed by atoms with E-state index in [1.807, 2.05) is 0 Å². The molecular formula is C12H14Br2. The highest BCUT2D eigenvalue weighted by Gasteiger charge is 2.28. The van der Waals surface area contributed by atoms with E-state index in [9.17, 15) is 0 Å². The molecule has 1 saturated carbocycles. The normalized spacial score (nSPS) is 19.0. The van der Waals surface area contributed by atoms with Crippen LogP contribution in [0.2, 0.25) is 0 Å². The van der Waals surface area contributed by atoms with Crippen molar-refractivity contribution in [3.8, 4) is 0 Å². The van der Waals surface area contributed by atoms with Gasteiger partial charge in [-0.1, -0.05) is 56.5 Å². The fourth-order valence-electron chi connectivity index (χ4n) is 2.08. The summed E-state index contributed by atoms with van der Waals surface area (Å²) in [5, 5.41) is 1.08. The topological polar surface area (TPSA) is 0 Å². The smallest absolute Gasteiger partial charge is 0.0210 e. The lowest BCUT2D eigenvalue weighted by atomic mass is 9.74. The van der Waals surface area contributed by atoms with Crippen LogP contribution in [0, 0.1) is 5.92 Å². The molecule has 0 aliphatic heterocycles. The van der Waals surface area contributed by atoms with Crippen molar-refractivity contribution in [2.24, 2.45) is 5.92 Å². The third-order valence-electron chi connectivity index (χ3n) is 3.19. The quantitative estimate of drug-likeness (QED) is 0.707. The summed E-state index contributed by atoms with van der Waals surface area (Å²) >= 11 is 7.28. The highest BCUT2D eigenvalue weighted by atomic mass is 79.9. The van der Waals surface area contributed by atoms with E-state index in [2.05, 4.69) is 56.1 Å². The zero-order valence-electron chi connectivity index (χ0n) is 8.05. The van der Waals surface area contributed by atoms with E-state index >= 15 is 0 Å². The van der Waals surface area contributed by atoms with Gasteiger partial charge in [-0.05, 0) is 36.3 Å². The van der Waals surface area contributed by atoms with E-state index < -0.39 is 0 Å². The van der Waals surface area contributed by atoms with Crippen LogP contribution in [0.15, 0.2) is 28.7 Å². The first kappa shape index (κ1) is 10.7. The van der Waals surface area contributed by atoms with Gasteiger partial charge >= 0.3 is 0 Å². The second-order valence-corrected chi connectivity index (χ2v) is 5.48. The van der Waals surface area contributed by atoms with Gasteiger partial charge in [-0.25, -0.2) is 0 Å². The Labute approximate surface area is 102 Å². The minimum atomic E-state index is 0.694. The average molecular weight is 318 g/mol. The maximum absolute atomic E-state index is 3.64. The molecule has 0 aromatic heterocycles. The lowest BCUT2D eigenvalue weighted by molar-refractivity contribution is 0.275. The molecule has 0 saturated heterocycles. The van der Waals surface area contributed by atoms with Gasteiger partial charge in [-0.3, -0.25) is 0 Å². The van der Waals surface area contributed by atoms with E-state index in [0.717, 1.165) is 11.2 Å². The molecule has 0 radical (unpaired) electrons. The van der Waals surface area contributed by atoms with Crippen molar-refractivity contribution in [1.82, 2.24) is 0 Å². The van der Waals surface area contributed by atoms with Gasteiger partial charge in [-0.15, -0.1) is 0 Å². The number of rotatable bonds is 3. The van der Waals surface area contributed by atoms with Crippen molar-refractivity contribution in [2.45, 2.75) is 25.2 Å². The molecule has 0 N–H and O–H groups in total. The molecule has 76 valence electrons. The van der Waals surface area contributed by atoms with E-state index in [0.29, 0.717) is 5.92 Å². The summed E-state index contributed by atoms with van der Waals surface area (Å²) < 4.78 is 1.26. The third kappa shape index (κ3) is 2.06. The van der Waals surface area contributed by atoms with Gasteiger partial charge in [0.2, 0.25) is 0 Å². The maximum Gasteiger partial charge on any atom is 0.0210 e. The van der Waals surface area contributed by atoms with Crippen LogP contribution in [0.4, 0.5) is 0 Å². The number of halogens is 2. The molecule has 1 unspecified atom stereocenters. The molecule has 1 atom stereocenters. The Morgan fingerprint density at radius 1 is 1.29 bits per heavy atom. The van der Waals surface area contributed by atoms with Crippen LogP contribution in [0.1, 0.15) is 30.7 Å². The van der Waals surface area contributed by atoms with Gasteiger partial charge in [-0.2, -0.15) is 0 Å². The molecule has 0 spiro atoms. The minimum Gasteiger partial charge on any atom is -0.0921 e. The molecule has 1 aliphatic rings. The van der Waals surface area contributed by atoms with E-state index in [1.165, 1.54) is 29.3 Å². The van der Waals surface area contributed by atoms with Crippen molar-refractivity contribution in [2.75, 3.05) is 5.33 Å². The number of hydrogen-bond acceptors (Lipinski definition) is 0. The Morgan fingerprint density at radius 3 is 2.50 bits per heavy atom. The van der Waals surface area contributed by atoms with E-state index in [-0.39, 0.29) is 0 Å². The maximum atomic E-state index is 3.64. The van der Waals surface area contributed by atoms with Gasteiger partial charge in [0.1, 0.15) is 0 Å². The van der Waals surface area contributed by atoms with Crippen LogP contribution < -0.4 is 0 Å². The van der Waals surface area contributed by atoms with Crippen LogP contribution in [0.5, 0.6) is 0 Å². The Bertz CT molecular complexity index is 305. The average Bonchev–Trinajstić information content (AvgIpc) is 2.12. The predicted molar refractivity (Wildman–Crippen MR) is 68.0 cm³/mol. The van der Waals surface area contributed by atoms with Crippen LogP contribution in [0.25, 0.3) is 0 Å². The zero-order valence-corrected chi connectivity index (χ0v) is 11.2. The summed E-state index contributed by atoms with van der Waals surface area (Å²) in [7, 11) is 0. The molecular weight excluding hydrogens is 304 g/mol. The molecule has 0 bridgehead atoms. The van der Waals surface area contributed by atoms with Gasteiger partial charge in [0.05, 0.1) is 0 Å². The molecule has 0 amide bonds. The minimum absolute atomic E-state index is 0.694.